The van der Waals surface area contributed by atoms with E-state index in [1.807, 2.05) is 12.1 Å². The number of benzene rings is 1. The summed E-state index contributed by atoms with van der Waals surface area (Å²) in [6.07, 6.45) is 0. The SMILES string of the molecule is CC(C)(C)c1cc2cccc(Cl)c2s1. The fraction of sp³-hybridized carbons (Fsp3) is 0.333. The van der Waals surface area contributed by atoms with Crippen molar-refractivity contribution < 1.29 is 0 Å². The molecule has 0 fully saturated rings. The Bertz CT molecular complexity index is 463. The van der Waals surface area contributed by atoms with Crippen LogP contribution in [-0.4, -0.2) is 0 Å². The molecule has 1 aromatic heterocycles. The molecule has 2 heteroatoms. The predicted molar refractivity (Wildman–Crippen MR) is 65.5 cm³/mol. The molecular weight excluding hydrogens is 212 g/mol. The molecule has 1 heterocycles. The van der Waals surface area contributed by atoms with Crippen molar-refractivity contribution in [3.8, 4) is 0 Å². The Morgan fingerprint density at radius 2 is 1.93 bits per heavy atom. The maximum atomic E-state index is 6.13. The molecule has 0 aliphatic carbocycles. The van der Waals surface area contributed by atoms with E-state index in [1.54, 1.807) is 11.3 Å². The van der Waals surface area contributed by atoms with Gasteiger partial charge in [-0.1, -0.05) is 44.5 Å². The Morgan fingerprint density at radius 1 is 1.21 bits per heavy atom. The van der Waals surface area contributed by atoms with E-state index < -0.39 is 0 Å². The van der Waals surface area contributed by atoms with Gasteiger partial charge in [0.25, 0.3) is 0 Å². The highest BCUT2D eigenvalue weighted by Crippen LogP contribution is 2.37. The van der Waals surface area contributed by atoms with Crippen LogP contribution < -0.4 is 0 Å². The van der Waals surface area contributed by atoms with Gasteiger partial charge in [0.05, 0.1) is 9.72 Å². The van der Waals surface area contributed by atoms with Crippen LogP contribution in [0.4, 0.5) is 0 Å². The van der Waals surface area contributed by atoms with Crippen molar-refractivity contribution in [1.29, 1.82) is 0 Å². The normalized spacial score (nSPS) is 12.3. The van der Waals surface area contributed by atoms with Crippen LogP contribution in [0.5, 0.6) is 0 Å². The van der Waals surface area contributed by atoms with E-state index in [1.165, 1.54) is 15.0 Å². The topological polar surface area (TPSA) is 0 Å². The summed E-state index contributed by atoms with van der Waals surface area (Å²) >= 11 is 7.93. The van der Waals surface area contributed by atoms with E-state index in [2.05, 4.69) is 32.9 Å². The fourth-order valence-electron chi connectivity index (χ4n) is 1.40. The van der Waals surface area contributed by atoms with E-state index in [-0.39, 0.29) is 5.41 Å². The van der Waals surface area contributed by atoms with Crippen molar-refractivity contribution in [2.24, 2.45) is 0 Å². The van der Waals surface area contributed by atoms with Crippen molar-refractivity contribution in [2.75, 3.05) is 0 Å². The van der Waals surface area contributed by atoms with Crippen LogP contribution in [0.2, 0.25) is 5.02 Å². The summed E-state index contributed by atoms with van der Waals surface area (Å²) in [6.45, 7) is 6.68. The molecule has 14 heavy (non-hydrogen) atoms. The van der Waals surface area contributed by atoms with Crippen molar-refractivity contribution in [1.82, 2.24) is 0 Å². The van der Waals surface area contributed by atoms with Crippen LogP contribution in [0.3, 0.4) is 0 Å². The number of rotatable bonds is 0. The van der Waals surface area contributed by atoms with Gasteiger partial charge in [0.15, 0.2) is 0 Å². The van der Waals surface area contributed by atoms with Gasteiger partial charge < -0.3 is 0 Å². The van der Waals surface area contributed by atoms with Gasteiger partial charge in [0.1, 0.15) is 0 Å². The molecule has 74 valence electrons. The highest BCUT2D eigenvalue weighted by atomic mass is 35.5. The Hall–Kier alpha value is -0.530. The van der Waals surface area contributed by atoms with Gasteiger partial charge >= 0.3 is 0 Å². The third-order valence-corrected chi connectivity index (χ3v) is 4.27. The van der Waals surface area contributed by atoms with Crippen molar-refractivity contribution in [2.45, 2.75) is 26.2 Å². The van der Waals surface area contributed by atoms with Gasteiger partial charge in [0.2, 0.25) is 0 Å². The van der Waals surface area contributed by atoms with Gasteiger partial charge in [-0.05, 0) is 22.9 Å². The monoisotopic (exact) mass is 224 g/mol. The molecule has 0 saturated carbocycles. The quantitative estimate of drug-likeness (QED) is 0.600. The summed E-state index contributed by atoms with van der Waals surface area (Å²) in [6, 6.07) is 8.31. The van der Waals surface area contributed by atoms with Crippen molar-refractivity contribution in [3.63, 3.8) is 0 Å². The summed E-state index contributed by atoms with van der Waals surface area (Å²) in [7, 11) is 0. The Morgan fingerprint density at radius 3 is 2.50 bits per heavy atom. The first-order chi connectivity index (χ1) is 6.48. The van der Waals surface area contributed by atoms with Crippen LogP contribution in [0.15, 0.2) is 24.3 Å². The maximum absolute atomic E-state index is 6.13. The lowest BCUT2D eigenvalue weighted by Gasteiger charge is -2.14. The van der Waals surface area contributed by atoms with Gasteiger partial charge in [-0.15, -0.1) is 11.3 Å². The molecule has 1 aromatic carbocycles. The second kappa shape index (κ2) is 3.25. The predicted octanol–water partition coefficient (Wildman–Crippen LogP) is 4.85. The summed E-state index contributed by atoms with van der Waals surface area (Å²) < 4.78 is 1.21. The fourth-order valence-corrected chi connectivity index (χ4v) is 2.82. The van der Waals surface area contributed by atoms with Crippen LogP contribution in [0, 0.1) is 0 Å². The first kappa shape index (κ1) is 10.0. The Balaban J connectivity index is 2.69. The van der Waals surface area contributed by atoms with Crippen LogP contribution in [-0.2, 0) is 5.41 Å². The zero-order chi connectivity index (χ0) is 10.3. The average Bonchev–Trinajstić information content (AvgIpc) is 2.48. The lowest BCUT2D eigenvalue weighted by Crippen LogP contribution is -2.07. The molecule has 0 saturated heterocycles. The minimum absolute atomic E-state index is 0.215. The molecule has 0 amide bonds. The minimum atomic E-state index is 0.215. The van der Waals surface area contributed by atoms with Gasteiger partial charge in [-0.2, -0.15) is 0 Å². The highest BCUT2D eigenvalue weighted by Gasteiger charge is 2.17. The smallest absolute Gasteiger partial charge is 0.0584 e. The molecule has 2 rings (SSSR count). The second-order valence-corrected chi connectivity index (χ2v) is 5.98. The number of halogens is 1. The van der Waals surface area contributed by atoms with E-state index >= 15 is 0 Å². The minimum Gasteiger partial charge on any atom is -0.138 e. The Kier molecular flexibility index (Phi) is 2.32. The van der Waals surface area contributed by atoms with E-state index in [4.69, 9.17) is 11.6 Å². The Labute approximate surface area is 93.5 Å². The zero-order valence-electron chi connectivity index (χ0n) is 8.60. The molecule has 0 aliphatic rings. The standard InChI is InChI=1S/C12H13ClS/c1-12(2,3)10-7-8-5-4-6-9(13)11(8)14-10/h4-7H,1-3H3. The first-order valence-corrected chi connectivity index (χ1v) is 5.86. The molecule has 0 unspecified atom stereocenters. The molecular formula is C12H13ClS. The third-order valence-electron chi connectivity index (χ3n) is 2.24. The molecule has 0 atom stereocenters. The van der Waals surface area contributed by atoms with E-state index in [0.717, 1.165) is 5.02 Å². The van der Waals surface area contributed by atoms with Crippen LogP contribution in [0.25, 0.3) is 10.1 Å². The van der Waals surface area contributed by atoms with Crippen molar-refractivity contribution >= 4 is 33.0 Å². The van der Waals surface area contributed by atoms with Gasteiger partial charge in [-0.25, -0.2) is 0 Å². The third kappa shape index (κ3) is 1.67. The van der Waals surface area contributed by atoms with Crippen molar-refractivity contribution in [3.05, 3.63) is 34.2 Å². The molecule has 2 aromatic rings. The molecule has 0 nitrogen and oxygen atoms in total. The van der Waals surface area contributed by atoms with E-state index in [9.17, 15) is 0 Å². The first-order valence-electron chi connectivity index (χ1n) is 4.67. The number of fused-ring (bicyclic) bond motifs is 1. The average molecular weight is 225 g/mol. The molecule has 0 aliphatic heterocycles. The largest absolute Gasteiger partial charge is 0.138 e. The number of thiophene rings is 1. The molecule has 0 spiro atoms. The number of hydrogen-bond acceptors (Lipinski definition) is 1. The molecule has 0 N–H and O–H groups in total. The van der Waals surface area contributed by atoms with Crippen LogP contribution >= 0.6 is 22.9 Å². The summed E-state index contributed by atoms with van der Waals surface area (Å²) in [5.74, 6) is 0. The van der Waals surface area contributed by atoms with Crippen LogP contribution in [0.1, 0.15) is 25.6 Å². The maximum Gasteiger partial charge on any atom is 0.0584 e. The van der Waals surface area contributed by atoms with Gasteiger partial charge in [-0.3, -0.25) is 0 Å². The zero-order valence-corrected chi connectivity index (χ0v) is 10.2. The summed E-state index contributed by atoms with van der Waals surface area (Å²) in [5.41, 5.74) is 0.215. The van der Waals surface area contributed by atoms with Gasteiger partial charge in [0, 0.05) is 4.88 Å². The second-order valence-electron chi connectivity index (χ2n) is 4.52. The molecule has 0 radical (unpaired) electrons. The summed E-state index contributed by atoms with van der Waals surface area (Å²) in [4.78, 5) is 1.39. The lowest BCUT2D eigenvalue weighted by molar-refractivity contribution is 0.604. The van der Waals surface area contributed by atoms with E-state index in [0.29, 0.717) is 0 Å². The highest BCUT2D eigenvalue weighted by molar-refractivity contribution is 7.19. The summed E-state index contributed by atoms with van der Waals surface area (Å²) in [5, 5.41) is 2.12. The lowest BCUT2D eigenvalue weighted by atomic mass is 9.94. The molecule has 0 bridgehead atoms. The number of hydrogen-bond donors (Lipinski definition) is 0.